The van der Waals surface area contributed by atoms with Gasteiger partial charge in [-0.25, -0.2) is 9.97 Å². The largest absolute Gasteiger partial charge is 0.493 e. The van der Waals surface area contributed by atoms with Crippen LogP contribution in [0.25, 0.3) is 10.9 Å². The summed E-state index contributed by atoms with van der Waals surface area (Å²) in [7, 11) is -2.03. The van der Waals surface area contributed by atoms with Gasteiger partial charge >= 0.3 is 0 Å². The number of methoxy groups -OCH3 is 1. The number of nitrogens with zero attached hydrogens (tertiary/aromatic N) is 4. The third-order valence-electron chi connectivity index (χ3n) is 6.81. The quantitative estimate of drug-likeness (QED) is 0.0843. The number of nitrogens with one attached hydrogen (secondary N) is 1. The first kappa shape index (κ1) is 34.9. The summed E-state index contributed by atoms with van der Waals surface area (Å²) in [6.07, 6.45) is 3.17. The summed E-state index contributed by atoms with van der Waals surface area (Å²) < 4.78 is 43.0. The van der Waals surface area contributed by atoms with Crippen LogP contribution < -0.4 is 14.8 Å². The van der Waals surface area contributed by atoms with Crippen LogP contribution in [0, 0.1) is 0 Å². The summed E-state index contributed by atoms with van der Waals surface area (Å²) in [5, 5.41) is 9.20. The molecule has 14 heteroatoms. The maximum absolute atomic E-state index is 9.19. The number of benzene rings is 3. The van der Waals surface area contributed by atoms with Crippen molar-refractivity contribution in [2.75, 3.05) is 58.1 Å². The molecule has 0 aliphatic carbocycles. The van der Waals surface area contributed by atoms with Gasteiger partial charge in [0.05, 0.1) is 44.4 Å². The molecule has 4 aromatic rings. The van der Waals surface area contributed by atoms with Crippen LogP contribution in [0.3, 0.4) is 0 Å². The van der Waals surface area contributed by atoms with E-state index in [1.165, 1.54) is 6.33 Å². The molecule has 1 aliphatic heterocycles. The normalized spacial score (nSPS) is 13.9. The molecule has 3 aromatic carbocycles. The molecule has 1 aliphatic rings. The zero-order valence-corrected chi connectivity index (χ0v) is 27.6. The predicted octanol–water partition coefficient (Wildman–Crippen LogP) is 5.58. The molecule has 0 atom stereocenters. The minimum atomic E-state index is -3.67. The lowest BCUT2D eigenvalue weighted by molar-refractivity contribution is 0.0357. The summed E-state index contributed by atoms with van der Waals surface area (Å²) in [5.41, 5.74) is 4.38. The molecule has 2 N–H and O–H groups in total. The van der Waals surface area contributed by atoms with Crippen molar-refractivity contribution in [1.82, 2.24) is 14.9 Å². The molecule has 1 aromatic heterocycles. The smallest absolute Gasteiger partial charge is 0.261 e. The van der Waals surface area contributed by atoms with Gasteiger partial charge in [0.25, 0.3) is 10.1 Å². The fourth-order valence-corrected chi connectivity index (χ4v) is 4.63. The number of morpholine rings is 1. The highest BCUT2D eigenvalue weighted by Crippen LogP contribution is 2.35. The van der Waals surface area contributed by atoms with Gasteiger partial charge in [-0.2, -0.15) is 8.42 Å². The summed E-state index contributed by atoms with van der Waals surface area (Å²) in [5.74, 6) is 1.99. The first-order chi connectivity index (χ1) is 22.1. The molecule has 0 amide bonds. The molecule has 2 heterocycles. The topological polar surface area (TPSA) is 145 Å². The minimum absolute atomic E-state index is 0.374. The fourth-order valence-electron chi connectivity index (χ4n) is 4.50. The van der Waals surface area contributed by atoms with E-state index in [-0.39, 0.29) is 0 Å². The molecule has 12 nitrogen and oxygen atoms in total. The van der Waals surface area contributed by atoms with Crippen molar-refractivity contribution in [3.8, 4) is 11.5 Å². The molecule has 1 fully saturated rings. The van der Waals surface area contributed by atoms with Crippen molar-refractivity contribution in [3.63, 3.8) is 0 Å². The monoisotopic (exact) mass is 671 g/mol. The second kappa shape index (κ2) is 17.1. The predicted molar refractivity (Wildman–Crippen MR) is 179 cm³/mol. The molecule has 5 rings (SSSR count). The number of rotatable bonds is 12. The van der Waals surface area contributed by atoms with Crippen LogP contribution in [0.15, 0.2) is 72.1 Å². The highest BCUT2D eigenvalue weighted by Gasteiger charge is 2.14. The molecule has 0 unspecified atom stereocenters. The Hall–Kier alpha value is -4.01. The first-order valence-electron chi connectivity index (χ1n) is 14.6. The number of aromatic nitrogens is 2. The lowest BCUT2D eigenvalue weighted by Gasteiger charge is -2.26. The SMILES string of the molecule is COc1cc2ncnc(Nc3ccc(C(C)=NOCc4ccc(Cl)cc4)cc3)c2cc1OCCCN1CCOCC1.CS(=O)(=O)O. The number of oxime groups is 1. The van der Waals surface area contributed by atoms with Crippen molar-refractivity contribution in [2.45, 2.75) is 20.0 Å². The van der Waals surface area contributed by atoms with E-state index in [9.17, 15) is 8.42 Å². The number of halogens is 1. The van der Waals surface area contributed by atoms with Crippen LogP contribution in [0.5, 0.6) is 11.5 Å². The zero-order valence-electron chi connectivity index (χ0n) is 26.0. The van der Waals surface area contributed by atoms with Crippen LogP contribution in [0.1, 0.15) is 24.5 Å². The van der Waals surface area contributed by atoms with Crippen molar-refractivity contribution < 1.29 is 32.0 Å². The molecule has 1 saturated heterocycles. The van der Waals surface area contributed by atoms with Crippen LogP contribution in [0.2, 0.25) is 5.02 Å². The van der Waals surface area contributed by atoms with Crippen LogP contribution >= 0.6 is 11.6 Å². The second-order valence-electron chi connectivity index (χ2n) is 10.4. The van der Waals surface area contributed by atoms with E-state index < -0.39 is 10.1 Å². The summed E-state index contributed by atoms with van der Waals surface area (Å²) in [6.45, 7) is 7.38. The van der Waals surface area contributed by atoms with Gasteiger partial charge in [-0.05, 0) is 54.8 Å². The average molecular weight is 672 g/mol. The summed E-state index contributed by atoms with van der Waals surface area (Å²) in [4.78, 5) is 16.9. The highest BCUT2D eigenvalue weighted by atomic mass is 35.5. The highest BCUT2D eigenvalue weighted by molar-refractivity contribution is 7.85. The van der Waals surface area contributed by atoms with E-state index in [4.69, 9.17) is 35.2 Å². The van der Waals surface area contributed by atoms with Gasteiger partial charge in [-0.15, -0.1) is 0 Å². The molecule has 246 valence electrons. The minimum Gasteiger partial charge on any atom is -0.493 e. The number of anilines is 2. The number of ether oxygens (including phenoxy) is 3. The Balaban J connectivity index is 0.000000892. The van der Waals surface area contributed by atoms with E-state index in [2.05, 4.69) is 25.3 Å². The van der Waals surface area contributed by atoms with E-state index in [1.807, 2.05) is 67.6 Å². The van der Waals surface area contributed by atoms with E-state index in [0.29, 0.717) is 41.8 Å². The summed E-state index contributed by atoms with van der Waals surface area (Å²) in [6, 6.07) is 19.3. The molecular formula is C32H38ClN5O7S. The van der Waals surface area contributed by atoms with Gasteiger partial charge in [-0.3, -0.25) is 9.45 Å². The molecule has 46 heavy (non-hydrogen) atoms. The Kier molecular flexibility index (Phi) is 12.9. The summed E-state index contributed by atoms with van der Waals surface area (Å²) >= 11 is 5.94. The van der Waals surface area contributed by atoms with Gasteiger partial charge in [-0.1, -0.05) is 41.0 Å². The van der Waals surface area contributed by atoms with Crippen molar-refractivity contribution in [1.29, 1.82) is 0 Å². The standard InChI is InChI=1S/C31H34ClN5O4.CH4O3S/c1-22(36-41-20-23-4-8-25(32)9-5-23)24-6-10-26(11-7-24)35-31-27-18-30(29(38-2)19-28(27)33-21-34-31)40-15-3-12-37-13-16-39-17-14-37;1-5(2,3)4/h4-11,18-19,21H,3,12-17,20H2,1-2H3,(H,33,34,35);1H3,(H,2,3,4). The zero-order chi connectivity index (χ0) is 32.9. The fraction of sp³-hybridized carbons (Fsp3) is 0.344. The van der Waals surface area contributed by atoms with Crippen LogP contribution in [-0.4, -0.2) is 86.4 Å². The van der Waals surface area contributed by atoms with Gasteiger partial charge in [0.15, 0.2) is 11.5 Å². The maximum Gasteiger partial charge on any atom is 0.261 e. The van der Waals surface area contributed by atoms with E-state index in [0.717, 1.165) is 72.7 Å². The average Bonchev–Trinajstić information content (AvgIpc) is 3.04. The van der Waals surface area contributed by atoms with Gasteiger partial charge < -0.3 is 24.4 Å². The molecule has 0 bridgehead atoms. The molecular weight excluding hydrogens is 634 g/mol. The van der Waals surface area contributed by atoms with Gasteiger partial charge in [0, 0.05) is 41.8 Å². The Morgan fingerprint density at radius 2 is 1.76 bits per heavy atom. The van der Waals surface area contributed by atoms with Crippen molar-refractivity contribution >= 4 is 49.8 Å². The molecule has 0 saturated carbocycles. The van der Waals surface area contributed by atoms with Crippen molar-refractivity contribution in [2.24, 2.45) is 5.16 Å². The molecule has 0 radical (unpaired) electrons. The molecule has 0 spiro atoms. The van der Waals surface area contributed by atoms with Crippen molar-refractivity contribution in [3.05, 3.63) is 83.1 Å². The van der Waals surface area contributed by atoms with Crippen LogP contribution in [-0.2, 0) is 26.3 Å². The Morgan fingerprint density at radius 3 is 2.43 bits per heavy atom. The van der Waals surface area contributed by atoms with Gasteiger partial charge in [0.2, 0.25) is 0 Å². The van der Waals surface area contributed by atoms with E-state index >= 15 is 0 Å². The lowest BCUT2D eigenvalue weighted by Crippen LogP contribution is -2.37. The number of hydrogen-bond acceptors (Lipinski definition) is 11. The van der Waals surface area contributed by atoms with Gasteiger partial charge in [0.1, 0.15) is 18.8 Å². The Morgan fingerprint density at radius 1 is 1.07 bits per heavy atom. The Bertz CT molecular complexity index is 1690. The lowest BCUT2D eigenvalue weighted by atomic mass is 10.1. The van der Waals surface area contributed by atoms with Crippen LogP contribution in [0.4, 0.5) is 11.5 Å². The number of fused-ring (bicyclic) bond motifs is 1. The first-order valence-corrected chi connectivity index (χ1v) is 16.8. The Labute approximate surface area is 274 Å². The third-order valence-corrected chi connectivity index (χ3v) is 7.06. The van der Waals surface area contributed by atoms with E-state index in [1.54, 1.807) is 7.11 Å². The third kappa shape index (κ3) is 11.4. The maximum atomic E-state index is 9.19. The number of hydrogen-bond donors (Lipinski definition) is 2. The second-order valence-corrected chi connectivity index (χ2v) is 12.3.